The molecule has 0 spiro atoms. The van der Waals surface area contributed by atoms with E-state index in [0.717, 1.165) is 12.8 Å². The van der Waals surface area contributed by atoms with Crippen molar-refractivity contribution in [2.45, 2.75) is 31.4 Å². The Morgan fingerprint density at radius 2 is 2.05 bits per heavy atom. The quantitative estimate of drug-likeness (QED) is 0.681. The number of rotatable bonds is 6. The first-order valence-electron chi connectivity index (χ1n) is 6.92. The molecule has 0 aromatic rings. The van der Waals surface area contributed by atoms with Crippen molar-refractivity contribution in [2.75, 3.05) is 39.5 Å². The Labute approximate surface area is 118 Å². The van der Waals surface area contributed by atoms with Gasteiger partial charge in [-0.2, -0.15) is 0 Å². The van der Waals surface area contributed by atoms with Crippen molar-refractivity contribution in [1.29, 1.82) is 0 Å². The van der Waals surface area contributed by atoms with Gasteiger partial charge in [-0.1, -0.05) is 0 Å². The van der Waals surface area contributed by atoms with E-state index in [9.17, 15) is 9.59 Å². The zero-order valence-electron chi connectivity index (χ0n) is 11.8. The molecule has 2 aliphatic rings. The van der Waals surface area contributed by atoms with E-state index in [1.807, 2.05) is 11.8 Å². The van der Waals surface area contributed by atoms with Gasteiger partial charge in [-0.15, -0.1) is 0 Å². The first kappa shape index (κ1) is 15.2. The van der Waals surface area contributed by atoms with E-state index in [1.54, 1.807) is 0 Å². The minimum atomic E-state index is -0.970. The summed E-state index contributed by atoms with van der Waals surface area (Å²) in [5.41, 5.74) is -0.447. The van der Waals surface area contributed by atoms with E-state index < -0.39 is 11.6 Å². The molecule has 0 bridgehead atoms. The Kier molecular flexibility index (Phi) is 4.95. The largest absolute Gasteiger partial charge is 0.480 e. The van der Waals surface area contributed by atoms with Gasteiger partial charge in [-0.25, -0.2) is 4.79 Å². The molecule has 0 radical (unpaired) electrons. The molecule has 2 aliphatic heterocycles. The highest BCUT2D eigenvalue weighted by atomic mass is 16.5. The van der Waals surface area contributed by atoms with Crippen LogP contribution < -0.4 is 5.32 Å². The maximum atomic E-state index is 11.9. The fourth-order valence-electron chi connectivity index (χ4n) is 2.66. The first-order valence-corrected chi connectivity index (χ1v) is 6.92. The van der Waals surface area contributed by atoms with E-state index in [-0.39, 0.29) is 18.6 Å². The molecule has 0 aliphatic carbocycles. The van der Waals surface area contributed by atoms with Gasteiger partial charge < -0.3 is 19.9 Å². The van der Waals surface area contributed by atoms with Crippen LogP contribution in [0.4, 0.5) is 0 Å². The molecule has 2 saturated heterocycles. The third-order valence-corrected chi connectivity index (χ3v) is 3.61. The van der Waals surface area contributed by atoms with Crippen molar-refractivity contribution >= 4 is 11.9 Å². The van der Waals surface area contributed by atoms with Crippen LogP contribution in [0.15, 0.2) is 0 Å². The number of hydrogen-bond donors (Lipinski definition) is 2. The highest BCUT2D eigenvalue weighted by molar-refractivity contribution is 5.78. The summed E-state index contributed by atoms with van der Waals surface area (Å²) < 4.78 is 10.5. The molecule has 20 heavy (non-hydrogen) atoms. The minimum absolute atomic E-state index is 0.0113. The van der Waals surface area contributed by atoms with Crippen LogP contribution in [0.25, 0.3) is 0 Å². The highest BCUT2D eigenvalue weighted by Gasteiger charge is 2.40. The predicted molar refractivity (Wildman–Crippen MR) is 70.4 cm³/mol. The molecule has 1 amide bonds. The van der Waals surface area contributed by atoms with Crippen LogP contribution >= 0.6 is 0 Å². The maximum absolute atomic E-state index is 11.9. The number of ether oxygens (including phenoxy) is 2. The summed E-state index contributed by atoms with van der Waals surface area (Å²) in [4.78, 5) is 24.3. The second kappa shape index (κ2) is 6.51. The van der Waals surface area contributed by atoms with Gasteiger partial charge >= 0.3 is 5.97 Å². The molecule has 0 unspecified atom stereocenters. The monoisotopic (exact) mass is 286 g/mol. The number of amides is 1. The predicted octanol–water partition coefficient (Wildman–Crippen LogP) is -0.543. The zero-order chi connectivity index (χ0) is 14.6. The first-order chi connectivity index (χ1) is 9.47. The van der Waals surface area contributed by atoms with Crippen LogP contribution in [0.3, 0.4) is 0 Å². The van der Waals surface area contributed by atoms with Crippen LogP contribution in [-0.2, 0) is 19.1 Å². The molecule has 2 N–H and O–H groups in total. The summed E-state index contributed by atoms with van der Waals surface area (Å²) in [5.74, 6) is -0.959. The van der Waals surface area contributed by atoms with Crippen molar-refractivity contribution in [3.63, 3.8) is 0 Å². The normalized spacial score (nSPS) is 23.1. The Morgan fingerprint density at radius 1 is 1.40 bits per heavy atom. The number of nitrogens with zero attached hydrogens (tertiary/aromatic N) is 1. The number of nitrogens with one attached hydrogen (secondary N) is 1. The van der Waals surface area contributed by atoms with Gasteiger partial charge in [0.25, 0.3) is 0 Å². The van der Waals surface area contributed by atoms with Crippen molar-refractivity contribution in [3.05, 3.63) is 0 Å². The van der Waals surface area contributed by atoms with Crippen LogP contribution in [0.1, 0.15) is 19.8 Å². The summed E-state index contributed by atoms with van der Waals surface area (Å²) in [5, 5.41) is 11.6. The lowest BCUT2D eigenvalue weighted by atomic mass is 9.96. The molecule has 114 valence electrons. The van der Waals surface area contributed by atoms with Crippen LogP contribution in [-0.4, -0.2) is 73.0 Å². The number of likely N-dealkylation sites (tertiary alicyclic amines) is 1. The number of aliphatic carboxylic acids is 1. The second-order valence-electron chi connectivity index (χ2n) is 5.73. The molecular weight excluding hydrogens is 264 g/mol. The van der Waals surface area contributed by atoms with Crippen molar-refractivity contribution in [2.24, 2.45) is 0 Å². The molecule has 7 heteroatoms. The van der Waals surface area contributed by atoms with E-state index in [2.05, 4.69) is 5.32 Å². The lowest BCUT2D eigenvalue weighted by molar-refractivity contribution is -0.166. The molecule has 7 nitrogen and oxygen atoms in total. The maximum Gasteiger partial charge on any atom is 0.329 e. The molecule has 0 aromatic heterocycles. The topological polar surface area (TPSA) is 88.1 Å². The van der Waals surface area contributed by atoms with Gasteiger partial charge in [0.2, 0.25) is 5.91 Å². The van der Waals surface area contributed by atoms with Crippen LogP contribution in [0, 0.1) is 0 Å². The van der Waals surface area contributed by atoms with E-state index >= 15 is 0 Å². The fourth-order valence-corrected chi connectivity index (χ4v) is 2.66. The van der Waals surface area contributed by atoms with Gasteiger partial charge in [0.1, 0.15) is 6.61 Å². The number of carboxylic acids is 1. The third-order valence-electron chi connectivity index (χ3n) is 3.61. The standard InChI is InChI=1S/C13H22N2O5/c1-13(20-7-12(17)18)8-15(9-13)6-11(16)14-10-2-4-19-5-3-10/h10H,2-9H2,1H3,(H,14,16)(H,17,18). The Balaban J connectivity index is 1.63. The molecule has 0 atom stereocenters. The van der Waals surface area contributed by atoms with Crippen molar-refractivity contribution in [1.82, 2.24) is 10.2 Å². The summed E-state index contributed by atoms with van der Waals surface area (Å²) in [7, 11) is 0. The lowest BCUT2D eigenvalue weighted by Crippen LogP contribution is -2.63. The minimum Gasteiger partial charge on any atom is -0.480 e. The SMILES string of the molecule is CC1(OCC(=O)O)CN(CC(=O)NC2CCOCC2)C1. The average Bonchev–Trinajstić information content (AvgIpc) is 2.35. The molecule has 0 aromatic carbocycles. The van der Waals surface area contributed by atoms with Gasteiger partial charge in [0, 0.05) is 32.3 Å². The van der Waals surface area contributed by atoms with Gasteiger partial charge in [0.05, 0.1) is 12.1 Å². The van der Waals surface area contributed by atoms with Gasteiger partial charge in [0.15, 0.2) is 0 Å². The van der Waals surface area contributed by atoms with Crippen molar-refractivity contribution < 1.29 is 24.2 Å². The van der Waals surface area contributed by atoms with Gasteiger partial charge in [-0.3, -0.25) is 9.69 Å². The molecule has 2 heterocycles. The van der Waals surface area contributed by atoms with Gasteiger partial charge in [-0.05, 0) is 19.8 Å². The average molecular weight is 286 g/mol. The Bertz CT molecular complexity index is 362. The molecule has 0 saturated carbocycles. The summed E-state index contributed by atoms with van der Waals surface area (Å²) in [6, 6.07) is 0.215. The summed E-state index contributed by atoms with van der Waals surface area (Å²) in [6.45, 7) is 4.49. The Hall–Kier alpha value is -1.18. The smallest absolute Gasteiger partial charge is 0.329 e. The molecule has 2 fully saturated rings. The summed E-state index contributed by atoms with van der Waals surface area (Å²) >= 11 is 0. The lowest BCUT2D eigenvalue weighted by Gasteiger charge is -2.47. The third kappa shape index (κ3) is 4.43. The van der Waals surface area contributed by atoms with E-state index in [1.165, 1.54) is 0 Å². The Morgan fingerprint density at radius 3 is 2.65 bits per heavy atom. The van der Waals surface area contributed by atoms with E-state index in [4.69, 9.17) is 14.6 Å². The number of carbonyl (C=O) groups excluding carboxylic acids is 1. The molecule has 2 rings (SSSR count). The summed E-state index contributed by atoms with van der Waals surface area (Å²) in [6.07, 6.45) is 1.73. The van der Waals surface area contributed by atoms with Crippen molar-refractivity contribution in [3.8, 4) is 0 Å². The fraction of sp³-hybridized carbons (Fsp3) is 0.846. The number of carboxylic acid groups (broad SMARTS) is 1. The number of carbonyl (C=O) groups is 2. The number of hydrogen-bond acceptors (Lipinski definition) is 5. The zero-order valence-corrected chi connectivity index (χ0v) is 11.8. The highest BCUT2D eigenvalue weighted by Crippen LogP contribution is 2.24. The van der Waals surface area contributed by atoms with Crippen LogP contribution in [0.5, 0.6) is 0 Å². The molecular formula is C13H22N2O5. The second-order valence-corrected chi connectivity index (χ2v) is 5.73. The van der Waals surface area contributed by atoms with E-state index in [0.29, 0.717) is 32.8 Å². The van der Waals surface area contributed by atoms with Crippen LogP contribution in [0.2, 0.25) is 0 Å².